The molecule has 0 amide bonds. The molecule has 11 rings (SSSR count). The second-order valence-corrected chi connectivity index (χ2v) is 18.1. The van der Waals surface area contributed by atoms with Crippen molar-refractivity contribution in [2.45, 2.75) is 8.59 Å². The molecule has 0 fully saturated rings. The number of hydrogen-bond acceptors (Lipinski definition) is 6. The number of alkyl halides is 6. The number of pyridine rings is 4. The van der Waals surface area contributed by atoms with Crippen LogP contribution >= 0.6 is 69.6 Å². The number of hydrogen-bond donors (Lipinski definition) is 0. The first-order valence-electron chi connectivity index (χ1n) is 20.8. The molecule has 9 aromatic rings. The first kappa shape index (κ1) is 52.2. The second kappa shape index (κ2) is 27.2. The smallest absolute Gasteiger partial charge is 0.664 e. The Morgan fingerprint density at radius 1 is 0.406 bits per heavy atom. The van der Waals surface area contributed by atoms with Gasteiger partial charge in [-0.05, 0) is 105 Å². The molecule has 0 unspecified atom stereocenters. The molecule has 69 heavy (non-hydrogen) atoms. The van der Waals surface area contributed by atoms with Crippen LogP contribution in [-0.4, -0.2) is 41.0 Å². The van der Waals surface area contributed by atoms with Crippen LogP contribution in [0.1, 0.15) is 22.5 Å². The van der Waals surface area contributed by atoms with Crippen LogP contribution in [0.2, 0.25) is 0 Å². The number of aromatic nitrogens is 6. The summed E-state index contributed by atoms with van der Waals surface area (Å²) in [7, 11) is 0. The van der Waals surface area contributed by atoms with Gasteiger partial charge in [-0.15, -0.1) is 11.4 Å². The molecule has 346 valence electrons. The van der Waals surface area contributed by atoms with Crippen molar-refractivity contribution in [3.63, 3.8) is 0 Å². The van der Waals surface area contributed by atoms with E-state index in [2.05, 4.69) is 113 Å². The van der Waals surface area contributed by atoms with Gasteiger partial charge in [0.25, 0.3) is 0 Å². The Kier molecular flexibility index (Phi) is 20.6. The van der Waals surface area contributed by atoms with Gasteiger partial charge in [0.15, 0.2) is 8.59 Å². The van der Waals surface area contributed by atoms with E-state index in [4.69, 9.17) is 69.6 Å². The number of allylic oxidation sites excluding steroid dienone is 4. The fourth-order valence-electron chi connectivity index (χ4n) is 7.07. The van der Waals surface area contributed by atoms with Crippen molar-refractivity contribution in [3.8, 4) is 22.3 Å². The molecule has 0 saturated heterocycles. The van der Waals surface area contributed by atoms with Crippen molar-refractivity contribution >= 4 is 115 Å². The summed E-state index contributed by atoms with van der Waals surface area (Å²) in [6.45, 7) is 0. The van der Waals surface area contributed by atoms with Crippen LogP contribution in [0, 0.1) is 0 Å². The van der Waals surface area contributed by atoms with E-state index in [-0.39, 0.29) is 16.5 Å². The fraction of sp³-hybridized carbons (Fsp3) is 0.0370. The van der Waals surface area contributed by atoms with Crippen molar-refractivity contribution in [3.05, 3.63) is 241 Å². The van der Waals surface area contributed by atoms with Crippen molar-refractivity contribution in [1.82, 2.24) is 29.9 Å². The predicted molar refractivity (Wildman–Crippen MR) is 286 cm³/mol. The molecule has 0 N–H and O–H groups in total. The van der Waals surface area contributed by atoms with Crippen molar-refractivity contribution < 1.29 is 16.5 Å². The molecule has 0 spiro atoms. The van der Waals surface area contributed by atoms with Gasteiger partial charge in [-0.2, -0.15) is 12.4 Å². The summed E-state index contributed by atoms with van der Waals surface area (Å²) in [5.74, 6) is 0. The molecule has 8 heterocycles. The molecule has 2 aliphatic heterocycles. The average Bonchev–Trinajstić information content (AvgIpc) is 4.24. The maximum absolute atomic E-state index is 4.81. The Morgan fingerprint density at radius 2 is 0.768 bits per heavy atom. The van der Waals surface area contributed by atoms with Gasteiger partial charge in [-0.3, -0.25) is 29.9 Å². The summed E-state index contributed by atoms with van der Waals surface area (Å²) in [6.07, 6.45) is 26.0. The first-order chi connectivity index (χ1) is 33.2. The Labute approximate surface area is 440 Å². The molecule has 0 atom stereocenters. The number of benzene rings is 3. The van der Waals surface area contributed by atoms with Crippen LogP contribution in [0.3, 0.4) is 0 Å². The van der Waals surface area contributed by atoms with E-state index in [1.807, 2.05) is 135 Å². The van der Waals surface area contributed by atoms with Gasteiger partial charge in [-0.1, -0.05) is 167 Å². The fourth-order valence-corrected chi connectivity index (χ4v) is 7.07. The van der Waals surface area contributed by atoms with Gasteiger partial charge < -0.3 is 9.97 Å². The minimum atomic E-state index is -0.750. The minimum Gasteiger partial charge on any atom is -0.664 e. The molecule has 3 aromatic carbocycles. The molecule has 8 nitrogen and oxygen atoms in total. The van der Waals surface area contributed by atoms with E-state index < -0.39 is 8.59 Å². The summed E-state index contributed by atoms with van der Waals surface area (Å²) < 4.78 is -1.50. The van der Waals surface area contributed by atoms with E-state index in [0.29, 0.717) is 0 Å². The van der Waals surface area contributed by atoms with Gasteiger partial charge in [-0.25, -0.2) is 0 Å². The zero-order chi connectivity index (χ0) is 47.5. The SMILES string of the molecule is C1=C/C(=C(\c2ccc(-c3ccncc3)cc2)c2ccc[n-]2)N=C1.C1=C/C(=C(\c2ccc(-c3ccncc3)cc2)c2ccc[n-]2)N=C1.ClC(Cl)Cl.ClC(Cl)Cl.[Ni+2].c1cnc2c(c1)ccc1cccnc12. The molecule has 6 aromatic heterocycles. The van der Waals surface area contributed by atoms with Gasteiger partial charge in [0, 0.05) is 60.4 Å². The Hall–Kier alpha value is -6.13. The van der Waals surface area contributed by atoms with Crippen LogP contribution in [0.4, 0.5) is 0 Å². The minimum absolute atomic E-state index is 0. The zero-order valence-corrected chi connectivity index (χ0v) is 41.6. The molecule has 0 radical (unpaired) electrons. The Morgan fingerprint density at radius 3 is 1.09 bits per heavy atom. The van der Waals surface area contributed by atoms with Gasteiger partial charge >= 0.3 is 16.5 Å². The number of fused-ring (bicyclic) bond motifs is 3. The molecule has 15 heteroatoms. The number of rotatable bonds is 6. The van der Waals surface area contributed by atoms with E-state index in [0.717, 1.165) is 78.0 Å². The van der Waals surface area contributed by atoms with Crippen molar-refractivity contribution in [1.29, 1.82) is 0 Å². The predicted octanol–water partition coefficient (Wildman–Crippen LogP) is 15.0. The zero-order valence-electron chi connectivity index (χ0n) is 36.1. The van der Waals surface area contributed by atoms with Crippen LogP contribution in [0.25, 0.3) is 55.2 Å². The normalized spacial score (nSPS) is 13.3. The molecular formula is C54H38Cl6N8Ni. The largest absolute Gasteiger partial charge is 2.00 e. The first-order valence-corrected chi connectivity index (χ1v) is 23.4. The Bertz CT molecular complexity index is 2920. The summed E-state index contributed by atoms with van der Waals surface area (Å²) in [5, 5.41) is 2.28. The van der Waals surface area contributed by atoms with E-state index >= 15 is 0 Å². The third kappa shape index (κ3) is 15.2. The molecule has 0 bridgehead atoms. The topological polar surface area (TPSA) is 104 Å². The monoisotopic (exact) mass is 1070 g/mol. The quantitative estimate of drug-likeness (QED) is 0.0933. The Balaban J connectivity index is 0.000000160. The van der Waals surface area contributed by atoms with Crippen molar-refractivity contribution in [2.75, 3.05) is 0 Å². The molecule has 0 aliphatic carbocycles. The molecule has 0 saturated carbocycles. The summed E-state index contributed by atoms with van der Waals surface area (Å²) in [6, 6.07) is 45.1. The molecule has 2 aliphatic rings. The van der Waals surface area contributed by atoms with E-state index in [9.17, 15) is 0 Å². The van der Waals surface area contributed by atoms with Gasteiger partial charge in [0.2, 0.25) is 0 Å². The van der Waals surface area contributed by atoms with E-state index in [1.54, 1.807) is 12.4 Å². The third-order valence-electron chi connectivity index (χ3n) is 9.96. The van der Waals surface area contributed by atoms with Gasteiger partial charge in [0.05, 0.1) is 22.4 Å². The van der Waals surface area contributed by atoms with Crippen LogP contribution < -0.4 is 9.97 Å². The third-order valence-corrected chi connectivity index (χ3v) is 9.96. The number of nitrogens with zero attached hydrogens (tertiary/aromatic N) is 8. The van der Waals surface area contributed by atoms with Crippen LogP contribution in [0.5, 0.6) is 0 Å². The summed E-state index contributed by atoms with van der Waals surface area (Å²) >= 11 is 28.8. The average molecular weight is 1070 g/mol. The van der Waals surface area contributed by atoms with Crippen LogP contribution in [-0.2, 0) is 16.5 Å². The standard InChI is InChI=1S/2C20H14N3.C12H8N2.2CHCl3.Ni/c2*1-3-18(22-11-1)20(19-4-2-12-23-19)17-7-5-15(6-8-17)16-9-13-21-14-10-16;1-3-9-5-6-10-4-2-8-14-12(10)11(9)13-7-1;2*2-1(3)4;/h2*1-14H;1-8H;2*1H;/q2*-1;;;;+2/b2*20-18-;;;;. The number of aliphatic imine (C=N–C) groups is 2. The summed E-state index contributed by atoms with van der Waals surface area (Å²) in [4.78, 5) is 34.6. The molecular weight excluding hydrogens is 1030 g/mol. The van der Waals surface area contributed by atoms with Crippen LogP contribution in [0.15, 0.2) is 229 Å². The second-order valence-electron chi connectivity index (χ2n) is 14.2. The maximum atomic E-state index is 4.81. The van der Waals surface area contributed by atoms with E-state index in [1.165, 1.54) is 11.1 Å². The van der Waals surface area contributed by atoms with Crippen molar-refractivity contribution in [2.24, 2.45) is 9.98 Å². The maximum Gasteiger partial charge on any atom is 2.00 e. The summed E-state index contributed by atoms with van der Waals surface area (Å²) in [5.41, 5.74) is 14.7. The van der Waals surface area contributed by atoms with Gasteiger partial charge in [0.1, 0.15) is 0 Å². The number of halogens is 6.